The van der Waals surface area contributed by atoms with Gasteiger partial charge in [0, 0.05) is 6.04 Å². The molecule has 0 saturated carbocycles. The molecule has 1 aliphatic heterocycles. The maximum absolute atomic E-state index is 11.6. The average Bonchev–Trinajstić information content (AvgIpc) is 2.79. The second kappa shape index (κ2) is 5.82. The fourth-order valence-corrected chi connectivity index (χ4v) is 2.31. The van der Waals surface area contributed by atoms with Crippen LogP contribution in [0.15, 0.2) is 30.3 Å². The number of hydrogen-bond donors (Lipinski definition) is 1. The number of carbonyl (C=O) groups is 1. The highest BCUT2D eigenvalue weighted by atomic mass is 16.5. The van der Waals surface area contributed by atoms with Gasteiger partial charge in [-0.05, 0) is 31.7 Å². The lowest BCUT2D eigenvalue weighted by Crippen LogP contribution is -2.37. The van der Waals surface area contributed by atoms with Crippen molar-refractivity contribution < 1.29 is 9.53 Å². The van der Waals surface area contributed by atoms with Gasteiger partial charge in [-0.15, -0.1) is 0 Å². The quantitative estimate of drug-likeness (QED) is 0.807. The first-order valence-electron chi connectivity index (χ1n) is 6.26. The molecule has 2 rings (SSSR count). The molecule has 0 unspecified atom stereocenters. The summed E-state index contributed by atoms with van der Waals surface area (Å²) in [5, 5.41) is 3.35. The Morgan fingerprint density at radius 2 is 2.12 bits per heavy atom. The van der Waals surface area contributed by atoms with Gasteiger partial charge in [0.1, 0.15) is 6.04 Å². The lowest BCUT2D eigenvalue weighted by Gasteiger charge is -2.13. The molecule has 1 heterocycles. The van der Waals surface area contributed by atoms with E-state index >= 15 is 0 Å². The highest BCUT2D eigenvalue weighted by Crippen LogP contribution is 2.17. The van der Waals surface area contributed by atoms with Crippen molar-refractivity contribution in [3.63, 3.8) is 0 Å². The van der Waals surface area contributed by atoms with Gasteiger partial charge in [0.15, 0.2) is 0 Å². The van der Waals surface area contributed by atoms with Crippen molar-refractivity contribution in [2.45, 2.75) is 38.3 Å². The van der Waals surface area contributed by atoms with Crippen LogP contribution >= 0.6 is 0 Å². The van der Waals surface area contributed by atoms with Gasteiger partial charge in [0.05, 0.1) is 6.61 Å². The topological polar surface area (TPSA) is 38.3 Å². The Kier molecular flexibility index (Phi) is 4.15. The van der Waals surface area contributed by atoms with E-state index in [-0.39, 0.29) is 12.0 Å². The van der Waals surface area contributed by atoms with Crippen LogP contribution in [-0.2, 0) is 16.0 Å². The number of rotatable bonds is 4. The second-order valence-electron chi connectivity index (χ2n) is 4.44. The van der Waals surface area contributed by atoms with Crippen molar-refractivity contribution in [2.24, 2.45) is 0 Å². The minimum Gasteiger partial charge on any atom is -0.465 e. The zero-order valence-corrected chi connectivity index (χ0v) is 10.2. The van der Waals surface area contributed by atoms with Crippen molar-refractivity contribution in [1.29, 1.82) is 0 Å². The Balaban J connectivity index is 1.84. The molecule has 0 amide bonds. The van der Waals surface area contributed by atoms with Crippen LogP contribution in [0.1, 0.15) is 25.3 Å². The molecule has 0 spiro atoms. The van der Waals surface area contributed by atoms with Gasteiger partial charge >= 0.3 is 5.97 Å². The molecule has 1 N–H and O–H groups in total. The molecule has 0 bridgehead atoms. The molecule has 2 atom stereocenters. The standard InChI is InChI=1S/C14H19NO2/c1-2-17-14(16)13-9-8-12(15-13)10-11-6-4-3-5-7-11/h3-7,12-13,15H,2,8-10H2,1H3/t12-,13+/m1/s1. The number of esters is 1. The minimum atomic E-state index is -0.108. The highest BCUT2D eigenvalue weighted by molar-refractivity contribution is 5.76. The molecule has 0 aliphatic carbocycles. The van der Waals surface area contributed by atoms with E-state index in [1.807, 2.05) is 25.1 Å². The van der Waals surface area contributed by atoms with Gasteiger partial charge < -0.3 is 10.1 Å². The summed E-state index contributed by atoms with van der Waals surface area (Å²) in [6, 6.07) is 10.7. The van der Waals surface area contributed by atoms with Gasteiger partial charge in [0.2, 0.25) is 0 Å². The van der Waals surface area contributed by atoms with E-state index in [1.54, 1.807) is 0 Å². The van der Waals surface area contributed by atoms with Gasteiger partial charge in [-0.1, -0.05) is 30.3 Å². The fourth-order valence-electron chi connectivity index (χ4n) is 2.31. The van der Waals surface area contributed by atoms with Gasteiger partial charge in [0.25, 0.3) is 0 Å². The molecule has 0 radical (unpaired) electrons. The first-order valence-corrected chi connectivity index (χ1v) is 6.26. The molecular weight excluding hydrogens is 214 g/mol. The van der Waals surface area contributed by atoms with Gasteiger partial charge in [-0.25, -0.2) is 0 Å². The summed E-state index contributed by atoms with van der Waals surface area (Å²) in [4.78, 5) is 11.6. The maximum Gasteiger partial charge on any atom is 0.323 e. The number of benzene rings is 1. The van der Waals surface area contributed by atoms with E-state index in [0.717, 1.165) is 19.3 Å². The molecule has 3 heteroatoms. The molecule has 1 aromatic carbocycles. The summed E-state index contributed by atoms with van der Waals surface area (Å²) in [5.74, 6) is -0.108. The largest absolute Gasteiger partial charge is 0.465 e. The maximum atomic E-state index is 11.6. The fraction of sp³-hybridized carbons (Fsp3) is 0.500. The van der Waals surface area contributed by atoms with E-state index < -0.39 is 0 Å². The van der Waals surface area contributed by atoms with Crippen LogP contribution in [0.25, 0.3) is 0 Å². The van der Waals surface area contributed by atoms with Crippen molar-refractivity contribution in [2.75, 3.05) is 6.61 Å². The Morgan fingerprint density at radius 3 is 2.82 bits per heavy atom. The van der Waals surface area contributed by atoms with Crippen LogP contribution in [0.3, 0.4) is 0 Å². The molecular formula is C14H19NO2. The van der Waals surface area contributed by atoms with Gasteiger partial charge in [-0.3, -0.25) is 4.79 Å². The summed E-state index contributed by atoms with van der Waals surface area (Å²) in [6.45, 7) is 2.30. The molecule has 17 heavy (non-hydrogen) atoms. The molecule has 1 saturated heterocycles. The SMILES string of the molecule is CCOC(=O)[C@@H]1CC[C@H](Cc2ccccc2)N1. The average molecular weight is 233 g/mol. The molecule has 1 fully saturated rings. The lowest BCUT2D eigenvalue weighted by molar-refractivity contribution is -0.145. The van der Waals surface area contributed by atoms with E-state index in [9.17, 15) is 4.79 Å². The Bertz CT molecular complexity index is 364. The van der Waals surface area contributed by atoms with Crippen molar-refractivity contribution >= 4 is 5.97 Å². The third-order valence-electron chi connectivity index (χ3n) is 3.14. The van der Waals surface area contributed by atoms with Crippen LogP contribution in [0.5, 0.6) is 0 Å². The van der Waals surface area contributed by atoms with Crippen LogP contribution in [0.2, 0.25) is 0 Å². The Hall–Kier alpha value is -1.35. The molecule has 0 aromatic heterocycles. The normalized spacial score (nSPS) is 23.6. The second-order valence-corrected chi connectivity index (χ2v) is 4.44. The predicted molar refractivity (Wildman–Crippen MR) is 66.7 cm³/mol. The van der Waals surface area contributed by atoms with Crippen LogP contribution < -0.4 is 5.32 Å². The molecule has 92 valence electrons. The first kappa shape index (κ1) is 12.1. The summed E-state index contributed by atoms with van der Waals surface area (Å²) < 4.78 is 5.02. The van der Waals surface area contributed by atoms with E-state index in [2.05, 4.69) is 17.4 Å². The Labute approximate surface area is 102 Å². The molecule has 1 aliphatic rings. The summed E-state index contributed by atoms with van der Waals surface area (Å²) >= 11 is 0. The molecule has 1 aromatic rings. The summed E-state index contributed by atoms with van der Waals surface area (Å²) in [5.41, 5.74) is 1.31. The third-order valence-corrected chi connectivity index (χ3v) is 3.14. The zero-order valence-electron chi connectivity index (χ0n) is 10.2. The number of ether oxygens (including phenoxy) is 1. The monoisotopic (exact) mass is 233 g/mol. The first-order chi connectivity index (χ1) is 8.29. The van der Waals surface area contributed by atoms with E-state index in [0.29, 0.717) is 12.6 Å². The van der Waals surface area contributed by atoms with Crippen LogP contribution in [0.4, 0.5) is 0 Å². The van der Waals surface area contributed by atoms with Gasteiger partial charge in [-0.2, -0.15) is 0 Å². The van der Waals surface area contributed by atoms with E-state index in [4.69, 9.17) is 4.74 Å². The number of hydrogen-bond acceptors (Lipinski definition) is 3. The highest BCUT2D eigenvalue weighted by Gasteiger charge is 2.29. The predicted octanol–water partition coefficient (Wildman–Crippen LogP) is 1.91. The molecule has 3 nitrogen and oxygen atoms in total. The Morgan fingerprint density at radius 1 is 1.35 bits per heavy atom. The lowest BCUT2D eigenvalue weighted by atomic mass is 10.0. The van der Waals surface area contributed by atoms with E-state index in [1.165, 1.54) is 5.56 Å². The summed E-state index contributed by atoms with van der Waals surface area (Å²) in [6.07, 6.45) is 2.91. The third kappa shape index (κ3) is 3.30. The van der Waals surface area contributed by atoms with Crippen LogP contribution in [0, 0.1) is 0 Å². The van der Waals surface area contributed by atoms with Crippen molar-refractivity contribution in [1.82, 2.24) is 5.32 Å². The van der Waals surface area contributed by atoms with Crippen molar-refractivity contribution in [3.8, 4) is 0 Å². The van der Waals surface area contributed by atoms with Crippen LogP contribution in [-0.4, -0.2) is 24.7 Å². The smallest absolute Gasteiger partial charge is 0.323 e. The van der Waals surface area contributed by atoms with Crippen molar-refractivity contribution in [3.05, 3.63) is 35.9 Å². The number of carbonyl (C=O) groups excluding carboxylic acids is 1. The number of nitrogens with one attached hydrogen (secondary N) is 1. The zero-order chi connectivity index (χ0) is 12.1. The summed E-state index contributed by atoms with van der Waals surface area (Å²) in [7, 11) is 0. The minimum absolute atomic E-state index is 0.108.